The molecule has 0 aliphatic carbocycles. The maximum absolute atomic E-state index is 12.4. The molecular formula is C11H10F3N5O. The predicted octanol–water partition coefficient (Wildman–Crippen LogP) is 0.949. The molecule has 1 amide bonds. The van der Waals surface area contributed by atoms with Crippen molar-refractivity contribution >= 4 is 5.91 Å². The van der Waals surface area contributed by atoms with Crippen LogP contribution in [0, 0.1) is 0 Å². The Bertz CT molecular complexity index is 623. The van der Waals surface area contributed by atoms with Crippen LogP contribution < -0.4 is 11.3 Å². The van der Waals surface area contributed by atoms with Crippen LogP contribution in [-0.4, -0.2) is 20.7 Å². The van der Waals surface area contributed by atoms with Crippen molar-refractivity contribution in [2.45, 2.75) is 12.7 Å². The maximum Gasteiger partial charge on any atom is 0.419 e. The van der Waals surface area contributed by atoms with E-state index >= 15 is 0 Å². The van der Waals surface area contributed by atoms with Gasteiger partial charge in [0.2, 0.25) is 0 Å². The fourth-order valence-corrected chi connectivity index (χ4v) is 1.53. The molecule has 0 saturated heterocycles. The standard InChI is InChI=1S/C11H10F3N5O/c12-11(13,14)7-4-16-19(5-7)6-8-2-1-3-9(17-8)10(20)18-15/h1-5H,6,15H2,(H,18,20). The summed E-state index contributed by atoms with van der Waals surface area (Å²) >= 11 is 0. The first-order valence-corrected chi connectivity index (χ1v) is 5.46. The van der Waals surface area contributed by atoms with Crippen molar-refractivity contribution in [2.24, 2.45) is 5.84 Å². The van der Waals surface area contributed by atoms with Crippen molar-refractivity contribution in [1.82, 2.24) is 20.2 Å². The first kappa shape index (κ1) is 14.0. The third-order valence-electron chi connectivity index (χ3n) is 2.46. The van der Waals surface area contributed by atoms with Crippen LogP contribution in [0.25, 0.3) is 0 Å². The molecule has 2 rings (SSSR count). The molecular weight excluding hydrogens is 275 g/mol. The average Bonchev–Trinajstić information content (AvgIpc) is 2.86. The number of nitrogens with zero attached hydrogens (tertiary/aromatic N) is 3. The van der Waals surface area contributed by atoms with Gasteiger partial charge >= 0.3 is 6.18 Å². The van der Waals surface area contributed by atoms with E-state index in [-0.39, 0.29) is 12.2 Å². The molecule has 0 radical (unpaired) electrons. The van der Waals surface area contributed by atoms with Gasteiger partial charge in [0.15, 0.2) is 0 Å². The Hall–Kier alpha value is -2.42. The van der Waals surface area contributed by atoms with Gasteiger partial charge in [0.25, 0.3) is 5.91 Å². The van der Waals surface area contributed by atoms with Crippen LogP contribution in [0.4, 0.5) is 13.2 Å². The van der Waals surface area contributed by atoms with Crippen LogP contribution in [0.5, 0.6) is 0 Å². The van der Waals surface area contributed by atoms with Crippen LogP contribution in [0.2, 0.25) is 0 Å². The van der Waals surface area contributed by atoms with E-state index < -0.39 is 17.6 Å². The molecule has 0 saturated carbocycles. The number of carbonyl (C=O) groups excluding carboxylic acids is 1. The molecule has 2 heterocycles. The smallest absolute Gasteiger partial charge is 0.289 e. The highest BCUT2D eigenvalue weighted by Gasteiger charge is 2.32. The number of hydrogen-bond donors (Lipinski definition) is 2. The van der Waals surface area contributed by atoms with E-state index in [1.165, 1.54) is 6.07 Å². The van der Waals surface area contributed by atoms with Crippen molar-refractivity contribution in [3.63, 3.8) is 0 Å². The highest BCUT2D eigenvalue weighted by Crippen LogP contribution is 2.28. The molecule has 9 heteroatoms. The largest absolute Gasteiger partial charge is 0.419 e. The minimum Gasteiger partial charge on any atom is -0.289 e. The molecule has 0 aromatic carbocycles. The third-order valence-corrected chi connectivity index (χ3v) is 2.46. The molecule has 0 unspecified atom stereocenters. The zero-order chi connectivity index (χ0) is 14.8. The third kappa shape index (κ3) is 3.12. The van der Waals surface area contributed by atoms with Gasteiger partial charge in [0.1, 0.15) is 5.69 Å². The molecule has 0 aliphatic rings. The van der Waals surface area contributed by atoms with Crippen LogP contribution in [-0.2, 0) is 12.7 Å². The van der Waals surface area contributed by atoms with Crippen molar-refractivity contribution in [1.29, 1.82) is 0 Å². The summed E-state index contributed by atoms with van der Waals surface area (Å²) in [4.78, 5) is 15.3. The zero-order valence-electron chi connectivity index (χ0n) is 10.1. The molecule has 106 valence electrons. The summed E-state index contributed by atoms with van der Waals surface area (Å²) in [5, 5.41) is 3.60. The summed E-state index contributed by atoms with van der Waals surface area (Å²) in [7, 11) is 0. The van der Waals surface area contributed by atoms with Crippen LogP contribution in [0.15, 0.2) is 30.6 Å². The van der Waals surface area contributed by atoms with E-state index in [2.05, 4.69) is 10.1 Å². The van der Waals surface area contributed by atoms with Gasteiger partial charge in [-0.1, -0.05) is 6.07 Å². The molecule has 0 aliphatic heterocycles. The first-order chi connectivity index (χ1) is 9.40. The van der Waals surface area contributed by atoms with E-state index in [1.807, 2.05) is 5.43 Å². The van der Waals surface area contributed by atoms with Crippen LogP contribution >= 0.6 is 0 Å². The number of aromatic nitrogens is 3. The lowest BCUT2D eigenvalue weighted by Gasteiger charge is -2.04. The molecule has 0 fully saturated rings. The number of hydrazine groups is 1. The summed E-state index contributed by atoms with van der Waals surface area (Å²) < 4.78 is 38.4. The van der Waals surface area contributed by atoms with Gasteiger partial charge in [-0.2, -0.15) is 18.3 Å². The van der Waals surface area contributed by atoms with Gasteiger partial charge in [0.05, 0.1) is 24.0 Å². The Labute approximate surface area is 111 Å². The minimum atomic E-state index is -4.44. The molecule has 20 heavy (non-hydrogen) atoms. The quantitative estimate of drug-likeness (QED) is 0.499. The SMILES string of the molecule is NNC(=O)c1cccc(Cn2cc(C(F)(F)F)cn2)n1. The zero-order valence-corrected chi connectivity index (χ0v) is 10.1. The Kier molecular flexibility index (Phi) is 3.70. The van der Waals surface area contributed by atoms with Gasteiger partial charge in [-0.05, 0) is 12.1 Å². The summed E-state index contributed by atoms with van der Waals surface area (Å²) in [6.45, 7) is 0.0156. The molecule has 2 aromatic rings. The Morgan fingerprint density at radius 2 is 2.15 bits per heavy atom. The number of hydrogen-bond acceptors (Lipinski definition) is 4. The summed E-state index contributed by atoms with van der Waals surface area (Å²) in [6.07, 6.45) is -2.83. The van der Waals surface area contributed by atoms with Crippen LogP contribution in [0.3, 0.4) is 0 Å². The number of rotatable bonds is 3. The topological polar surface area (TPSA) is 85.8 Å². The fourth-order valence-electron chi connectivity index (χ4n) is 1.53. The molecule has 0 bridgehead atoms. The summed E-state index contributed by atoms with van der Waals surface area (Å²) in [6, 6.07) is 4.57. The number of halogens is 3. The van der Waals surface area contributed by atoms with Crippen molar-refractivity contribution in [3.05, 3.63) is 47.5 Å². The monoisotopic (exact) mass is 285 g/mol. The molecule has 0 spiro atoms. The Balaban J connectivity index is 2.18. The van der Waals surface area contributed by atoms with Crippen LogP contribution in [0.1, 0.15) is 21.7 Å². The average molecular weight is 285 g/mol. The molecule has 2 aromatic heterocycles. The van der Waals surface area contributed by atoms with Crippen molar-refractivity contribution in [3.8, 4) is 0 Å². The number of nitrogens with one attached hydrogen (secondary N) is 1. The maximum atomic E-state index is 12.4. The number of alkyl halides is 3. The Morgan fingerprint density at radius 3 is 2.75 bits per heavy atom. The second-order valence-corrected chi connectivity index (χ2v) is 3.91. The summed E-state index contributed by atoms with van der Waals surface area (Å²) in [5.74, 6) is 4.40. The van der Waals surface area contributed by atoms with Gasteiger partial charge < -0.3 is 0 Å². The van der Waals surface area contributed by atoms with E-state index in [0.29, 0.717) is 5.69 Å². The predicted molar refractivity (Wildman–Crippen MR) is 62.2 cm³/mol. The van der Waals surface area contributed by atoms with E-state index in [0.717, 1.165) is 17.1 Å². The van der Waals surface area contributed by atoms with Gasteiger partial charge in [-0.15, -0.1) is 0 Å². The van der Waals surface area contributed by atoms with E-state index in [1.54, 1.807) is 12.1 Å². The van der Waals surface area contributed by atoms with Gasteiger partial charge in [-0.25, -0.2) is 10.8 Å². The number of nitrogen functional groups attached to an aromatic ring is 1. The first-order valence-electron chi connectivity index (χ1n) is 5.46. The van der Waals surface area contributed by atoms with E-state index in [4.69, 9.17) is 5.84 Å². The normalized spacial score (nSPS) is 11.4. The van der Waals surface area contributed by atoms with Crippen molar-refractivity contribution in [2.75, 3.05) is 0 Å². The summed E-state index contributed by atoms with van der Waals surface area (Å²) in [5.41, 5.74) is 1.55. The molecule has 0 atom stereocenters. The lowest BCUT2D eigenvalue weighted by atomic mass is 10.3. The number of nitrogens with two attached hydrogens (primary N) is 1. The van der Waals surface area contributed by atoms with Gasteiger partial charge in [0, 0.05) is 6.20 Å². The second kappa shape index (κ2) is 5.29. The molecule has 6 nitrogen and oxygen atoms in total. The fraction of sp³-hybridized carbons (Fsp3) is 0.182. The highest BCUT2D eigenvalue weighted by atomic mass is 19.4. The Morgan fingerprint density at radius 1 is 1.40 bits per heavy atom. The number of amides is 1. The number of carbonyl (C=O) groups is 1. The lowest BCUT2D eigenvalue weighted by Crippen LogP contribution is -2.30. The second-order valence-electron chi connectivity index (χ2n) is 3.91. The lowest BCUT2D eigenvalue weighted by molar-refractivity contribution is -0.137. The number of pyridine rings is 1. The van der Waals surface area contributed by atoms with Crippen molar-refractivity contribution < 1.29 is 18.0 Å². The van der Waals surface area contributed by atoms with E-state index in [9.17, 15) is 18.0 Å². The highest BCUT2D eigenvalue weighted by molar-refractivity contribution is 5.91. The molecule has 3 N–H and O–H groups in total. The minimum absolute atomic E-state index is 0.0156. The van der Waals surface area contributed by atoms with Gasteiger partial charge in [-0.3, -0.25) is 14.9 Å².